The van der Waals surface area contributed by atoms with Crippen LogP contribution in [0.2, 0.25) is 0 Å². The number of hydrogen-bond donors (Lipinski definition) is 1. The van der Waals surface area contributed by atoms with E-state index >= 15 is 0 Å². The largest absolute Gasteiger partial charge is 0.472 e. The van der Waals surface area contributed by atoms with E-state index < -0.39 is 0 Å². The summed E-state index contributed by atoms with van der Waals surface area (Å²) in [4.78, 5) is 6.39. The fraction of sp³-hybridized carbons (Fsp3) is 0.357. The minimum Gasteiger partial charge on any atom is -0.472 e. The molecule has 0 bridgehead atoms. The summed E-state index contributed by atoms with van der Waals surface area (Å²) in [6.45, 7) is 1.48. The van der Waals surface area contributed by atoms with E-state index in [1.165, 1.54) is 5.69 Å². The number of rotatable bonds is 4. The average molecular weight is 339 g/mol. The highest BCUT2D eigenvalue weighted by Crippen LogP contribution is 2.15. The standard InChI is InChI=1S/C14H19BrN4O/c1-16-14(17-7-11-4-5-20-10-11)19(3)9-13-6-12(15)8-18(13)2/h4-6,8,10H,7,9H2,1-3H3,(H,16,17). The number of aryl methyl sites for hydroxylation is 1. The second-order valence-corrected chi connectivity index (χ2v) is 5.56. The number of nitrogens with one attached hydrogen (secondary N) is 1. The molecule has 0 saturated heterocycles. The van der Waals surface area contributed by atoms with E-state index in [-0.39, 0.29) is 0 Å². The number of furan rings is 1. The zero-order valence-electron chi connectivity index (χ0n) is 11.9. The van der Waals surface area contributed by atoms with Gasteiger partial charge in [-0.15, -0.1) is 0 Å². The van der Waals surface area contributed by atoms with Crippen LogP contribution in [-0.4, -0.2) is 29.5 Å². The smallest absolute Gasteiger partial charge is 0.194 e. The number of hydrogen-bond acceptors (Lipinski definition) is 2. The van der Waals surface area contributed by atoms with Crippen molar-refractivity contribution in [1.82, 2.24) is 14.8 Å². The van der Waals surface area contributed by atoms with Gasteiger partial charge in [-0.25, -0.2) is 0 Å². The molecule has 1 N–H and O–H groups in total. The summed E-state index contributed by atoms with van der Waals surface area (Å²) in [5.41, 5.74) is 2.31. The van der Waals surface area contributed by atoms with E-state index in [0.717, 1.165) is 22.5 Å². The number of aliphatic imine (C=N–C) groups is 1. The molecule has 0 radical (unpaired) electrons. The van der Waals surface area contributed by atoms with Gasteiger partial charge < -0.3 is 19.2 Å². The van der Waals surface area contributed by atoms with Gasteiger partial charge in [0.15, 0.2) is 5.96 Å². The van der Waals surface area contributed by atoms with E-state index in [9.17, 15) is 0 Å². The minimum absolute atomic E-state index is 0.699. The predicted molar refractivity (Wildman–Crippen MR) is 83.5 cm³/mol. The summed E-state index contributed by atoms with van der Waals surface area (Å²) in [6, 6.07) is 4.05. The molecule has 6 heteroatoms. The number of nitrogens with zero attached hydrogens (tertiary/aromatic N) is 3. The van der Waals surface area contributed by atoms with Crippen LogP contribution in [0.1, 0.15) is 11.3 Å². The maximum absolute atomic E-state index is 5.05. The van der Waals surface area contributed by atoms with Crippen molar-refractivity contribution in [3.05, 3.63) is 46.6 Å². The van der Waals surface area contributed by atoms with Crippen molar-refractivity contribution in [3.8, 4) is 0 Å². The summed E-state index contributed by atoms with van der Waals surface area (Å²) >= 11 is 3.49. The Hall–Kier alpha value is -1.69. The lowest BCUT2D eigenvalue weighted by atomic mass is 10.3. The molecule has 108 valence electrons. The fourth-order valence-electron chi connectivity index (χ4n) is 2.00. The molecule has 5 nitrogen and oxygen atoms in total. The van der Waals surface area contributed by atoms with Crippen molar-refractivity contribution in [1.29, 1.82) is 0 Å². The predicted octanol–water partition coefficient (Wildman–Crippen LogP) is 2.59. The Morgan fingerprint density at radius 3 is 2.90 bits per heavy atom. The van der Waals surface area contributed by atoms with Crippen molar-refractivity contribution in [2.24, 2.45) is 12.0 Å². The molecular formula is C14H19BrN4O. The Bertz CT molecular complexity index is 574. The highest BCUT2D eigenvalue weighted by atomic mass is 79.9. The molecule has 0 spiro atoms. The van der Waals surface area contributed by atoms with Crippen LogP contribution < -0.4 is 5.32 Å². The van der Waals surface area contributed by atoms with Gasteiger partial charge in [0.25, 0.3) is 0 Å². The molecule has 0 aliphatic rings. The van der Waals surface area contributed by atoms with Gasteiger partial charge in [-0.05, 0) is 28.1 Å². The first-order chi connectivity index (χ1) is 9.60. The van der Waals surface area contributed by atoms with E-state index in [1.807, 2.05) is 26.4 Å². The molecule has 0 fully saturated rings. The van der Waals surface area contributed by atoms with Gasteiger partial charge in [-0.3, -0.25) is 4.99 Å². The van der Waals surface area contributed by atoms with E-state index in [0.29, 0.717) is 6.54 Å². The number of guanidine groups is 1. The summed E-state index contributed by atoms with van der Waals surface area (Å²) in [5, 5.41) is 3.31. The van der Waals surface area contributed by atoms with Gasteiger partial charge in [0.05, 0.1) is 19.1 Å². The van der Waals surface area contributed by atoms with Gasteiger partial charge in [-0.1, -0.05) is 0 Å². The van der Waals surface area contributed by atoms with E-state index in [1.54, 1.807) is 19.6 Å². The van der Waals surface area contributed by atoms with Gasteiger partial charge in [0.1, 0.15) is 0 Å². The van der Waals surface area contributed by atoms with Crippen LogP contribution >= 0.6 is 15.9 Å². The lowest BCUT2D eigenvalue weighted by Gasteiger charge is -2.22. The monoisotopic (exact) mass is 338 g/mol. The second kappa shape index (κ2) is 6.65. The Kier molecular flexibility index (Phi) is 4.89. The topological polar surface area (TPSA) is 45.7 Å². The van der Waals surface area contributed by atoms with Crippen LogP contribution in [0.25, 0.3) is 0 Å². The third-order valence-corrected chi connectivity index (χ3v) is 3.51. The van der Waals surface area contributed by atoms with E-state index in [2.05, 4.69) is 41.8 Å². The average Bonchev–Trinajstić information content (AvgIpc) is 3.01. The summed E-state index contributed by atoms with van der Waals surface area (Å²) in [5.74, 6) is 0.850. The Morgan fingerprint density at radius 2 is 2.35 bits per heavy atom. The Morgan fingerprint density at radius 1 is 1.55 bits per heavy atom. The molecule has 0 aromatic carbocycles. The normalized spacial score (nSPS) is 11.7. The molecule has 0 unspecified atom stereocenters. The number of halogens is 1. The Balaban J connectivity index is 1.95. The number of aromatic nitrogens is 1. The highest BCUT2D eigenvalue weighted by molar-refractivity contribution is 9.10. The summed E-state index contributed by atoms with van der Waals surface area (Å²) in [6.07, 6.45) is 5.45. The maximum Gasteiger partial charge on any atom is 0.194 e. The zero-order chi connectivity index (χ0) is 14.5. The summed E-state index contributed by atoms with van der Waals surface area (Å²) < 4.78 is 8.24. The van der Waals surface area contributed by atoms with Crippen molar-refractivity contribution in [3.63, 3.8) is 0 Å². The SMILES string of the molecule is CN=C(NCc1ccoc1)N(C)Cc1cc(Br)cn1C. The van der Waals surface area contributed by atoms with Crippen LogP contribution in [0.3, 0.4) is 0 Å². The van der Waals surface area contributed by atoms with Crippen molar-refractivity contribution in [2.45, 2.75) is 13.1 Å². The molecule has 2 aromatic rings. The molecule has 2 aromatic heterocycles. The second-order valence-electron chi connectivity index (χ2n) is 4.65. The van der Waals surface area contributed by atoms with Gasteiger partial charge >= 0.3 is 0 Å². The third kappa shape index (κ3) is 3.66. The molecule has 0 aliphatic carbocycles. The quantitative estimate of drug-likeness (QED) is 0.688. The van der Waals surface area contributed by atoms with E-state index in [4.69, 9.17) is 4.42 Å². The highest BCUT2D eigenvalue weighted by Gasteiger charge is 2.09. The first kappa shape index (κ1) is 14.7. The minimum atomic E-state index is 0.699. The maximum atomic E-state index is 5.05. The zero-order valence-corrected chi connectivity index (χ0v) is 13.5. The first-order valence-corrected chi connectivity index (χ1v) is 7.13. The van der Waals surface area contributed by atoms with Crippen LogP contribution in [0.5, 0.6) is 0 Å². The van der Waals surface area contributed by atoms with Gasteiger partial charge in [0, 0.05) is 49.6 Å². The van der Waals surface area contributed by atoms with Crippen molar-refractivity contribution in [2.75, 3.05) is 14.1 Å². The van der Waals surface area contributed by atoms with Gasteiger partial charge in [0.2, 0.25) is 0 Å². The molecule has 2 rings (SSSR count). The molecule has 20 heavy (non-hydrogen) atoms. The van der Waals surface area contributed by atoms with Gasteiger partial charge in [-0.2, -0.15) is 0 Å². The molecular weight excluding hydrogens is 320 g/mol. The molecule has 0 atom stereocenters. The van der Waals surface area contributed by atoms with Crippen molar-refractivity contribution >= 4 is 21.9 Å². The van der Waals surface area contributed by atoms with Crippen LogP contribution in [0.4, 0.5) is 0 Å². The lowest BCUT2D eigenvalue weighted by Crippen LogP contribution is -2.38. The van der Waals surface area contributed by atoms with Crippen LogP contribution in [0.15, 0.2) is 44.7 Å². The van der Waals surface area contributed by atoms with Crippen LogP contribution in [-0.2, 0) is 20.1 Å². The summed E-state index contributed by atoms with van der Waals surface area (Å²) in [7, 11) is 5.84. The Labute approximate surface area is 127 Å². The van der Waals surface area contributed by atoms with Crippen molar-refractivity contribution < 1.29 is 4.42 Å². The van der Waals surface area contributed by atoms with Crippen LogP contribution in [0, 0.1) is 0 Å². The molecule has 0 saturated carbocycles. The lowest BCUT2D eigenvalue weighted by molar-refractivity contribution is 0.461. The fourth-order valence-corrected chi connectivity index (χ4v) is 2.57. The third-order valence-electron chi connectivity index (χ3n) is 3.08. The molecule has 0 aliphatic heterocycles. The first-order valence-electron chi connectivity index (χ1n) is 6.33. The molecule has 0 amide bonds. The molecule has 2 heterocycles.